The van der Waals surface area contributed by atoms with E-state index >= 15 is 0 Å². The lowest BCUT2D eigenvalue weighted by Gasteiger charge is -2.27. The molecule has 0 amide bonds. The quantitative estimate of drug-likeness (QED) is 0.789. The van der Waals surface area contributed by atoms with Gasteiger partial charge in [0.25, 0.3) is 5.56 Å². The van der Waals surface area contributed by atoms with E-state index in [1.165, 1.54) is 27.8 Å². The molecule has 26 heavy (non-hydrogen) atoms. The zero-order chi connectivity index (χ0) is 18.1. The molecule has 3 aromatic rings. The van der Waals surface area contributed by atoms with Crippen molar-refractivity contribution in [2.45, 2.75) is 13.1 Å². The highest BCUT2D eigenvalue weighted by molar-refractivity contribution is 5.78. The van der Waals surface area contributed by atoms with Crippen LogP contribution in [0.4, 0.5) is 4.39 Å². The molecule has 1 aliphatic rings. The summed E-state index contributed by atoms with van der Waals surface area (Å²) in [6.07, 6.45) is 3.02. The van der Waals surface area contributed by atoms with Crippen LogP contribution in [0.3, 0.4) is 0 Å². The van der Waals surface area contributed by atoms with Crippen LogP contribution in [0, 0.1) is 5.82 Å². The maximum Gasteiger partial charge on any atom is 0.329 e. The molecule has 0 spiro atoms. The van der Waals surface area contributed by atoms with Crippen molar-refractivity contribution in [3.05, 3.63) is 86.8 Å². The molecule has 5 nitrogen and oxygen atoms in total. The summed E-state index contributed by atoms with van der Waals surface area (Å²) in [7, 11) is 0. The Morgan fingerprint density at radius 1 is 1.04 bits per heavy atom. The van der Waals surface area contributed by atoms with E-state index in [1.54, 1.807) is 6.07 Å². The number of aromatic nitrogens is 2. The minimum Gasteiger partial charge on any atom is -0.282 e. The lowest BCUT2D eigenvalue weighted by atomic mass is 10.00. The molecule has 0 saturated heterocycles. The molecule has 1 N–H and O–H groups in total. The Morgan fingerprint density at radius 3 is 2.58 bits per heavy atom. The van der Waals surface area contributed by atoms with Gasteiger partial charge in [0.2, 0.25) is 0 Å². The number of H-pyrrole nitrogens is 1. The van der Waals surface area contributed by atoms with Gasteiger partial charge >= 0.3 is 5.69 Å². The molecule has 6 heteroatoms. The van der Waals surface area contributed by atoms with Gasteiger partial charge in [0, 0.05) is 13.1 Å². The summed E-state index contributed by atoms with van der Waals surface area (Å²) in [5.74, 6) is -0.623. The van der Waals surface area contributed by atoms with E-state index in [9.17, 15) is 14.0 Å². The maximum atomic E-state index is 14.0. The molecule has 0 aliphatic carbocycles. The van der Waals surface area contributed by atoms with Crippen LogP contribution in [-0.4, -0.2) is 27.5 Å². The van der Waals surface area contributed by atoms with Gasteiger partial charge in [0.1, 0.15) is 5.82 Å². The Morgan fingerprint density at radius 2 is 1.85 bits per heavy atom. The number of nitrogens with one attached hydrogen (secondary N) is 1. The fourth-order valence-corrected chi connectivity index (χ4v) is 3.39. The molecular formula is C20H18FN3O2. The van der Waals surface area contributed by atoms with Crippen LogP contribution >= 0.6 is 0 Å². The van der Waals surface area contributed by atoms with Crippen molar-refractivity contribution in [3.63, 3.8) is 0 Å². The highest BCUT2D eigenvalue weighted by atomic mass is 19.1. The fraction of sp³-hybridized carbons (Fsp3) is 0.200. The van der Waals surface area contributed by atoms with Crippen molar-refractivity contribution in [2.24, 2.45) is 0 Å². The number of hydrogen-bond acceptors (Lipinski definition) is 3. The van der Waals surface area contributed by atoms with Crippen molar-refractivity contribution >= 4 is 16.5 Å². The molecule has 4 rings (SSSR count). The highest BCUT2D eigenvalue weighted by Gasteiger charge is 2.16. The van der Waals surface area contributed by atoms with Gasteiger partial charge in [-0.25, -0.2) is 9.18 Å². The summed E-state index contributed by atoms with van der Waals surface area (Å²) >= 11 is 0. The topological polar surface area (TPSA) is 58.1 Å². The summed E-state index contributed by atoms with van der Waals surface area (Å²) in [5.41, 5.74) is 1.60. The minimum absolute atomic E-state index is 0.0790. The summed E-state index contributed by atoms with van der Waals surface area (Å²) in [6, 6.07) is 14.5. The number of halogens is 1. The monoisotopic (exact) mass is 351 g/mol. The summed E-state index contributed by atoms with van der Waals surface area (Å²) in [6.45, 7) is 1.77. The molecule has 2 heterocycles. The van der Waals surface area contributed by atoms with Gasteiger partial charge in [-0.2, -0.15) is 0 Å². The third-order valence-electron chi connectivity index (χ3n) is 4.75. The van der Waals surface area contributed by atoms with Crippen LogP contribution in [0.25, 0.3) is 16.5 Å². The lowest BCUT2D eigenvalue weighted by molar-refractivity contribution is 0.240. The van der Waals surface area contributed by atoms with E-state index in [4.69, 9.17) is 0 Å². The minimum atomic E-state index is -0.691. The molecule has 1 aliphatic heterocycles. The molecule has 0 radical (unpaired) electrons. The normalized spacial score (nSPS) is 15.2. The Kier molecular flexibility index (Phi) is 4.26. The van der Waals surface area contributed by atoms with E-state index in [2.05, 4.69) is 28.1 Å². The van der Waals surface area contributed by atoms with E-state index in [0.717, 1.165) is 13.0 Å². The van der Waals surface area contributed by atoms with Crippen molar-refractivity contribution in [2.75, 3.05) is 13.1 Å². The number of nitrogens with zero attached hydrogens (tertiary/aromatic N) is 2. The van der Waals surface area contributed by atoms with Crippen LogP contribution < -0.4 is 11.2 Å². The highest BCUT2D eigenvalue weighted by Crippen LogP contribution is 2.22. The van der Waals surface area contributed by atoms with Crippen molar-refractivity contribution in [1.82, 2.24) is 14.5 Å². The van der Waals surface area contributed by atoms with Gasteiger partial charge in [-0.1, -0.05) is 42.5 Å². The molecule has 0 fully saturated rings. The average molecular weight is 351 g/mol. The second-order valence-electron chi connectivity index (χ2n) is 6.39. The van der Waals surface area contributed by atoms with Gasteiger partial charge in [-0.15, -0.1) is 0 Å². The van der Waals surface area contributed by atoms with Gasteiger partial charge in [0.05, 0.1) is 17.6 Å². The number of hydrogen-bond donors (Lipinski definition) is 1. The molecule has 0 atom stereocenters. The third kappa shape index (κ3) is 2.99. The number of benzene rings is 2. The van der Waals surface area contributed by atoms with Crippen molar-refractivity contribution < 1.29 is 4.39 Å². The number of aromatic amines is 1. The van der Waals surface area contributed by atoms with Crippen LogP contribution in [0.1, 0.15) is 12.0 Å². The van der Waals surface area contributed by atoms with Crippen LogP contribution in [0.2, 0.25) is 0 Å². The van der Waals surface area contributed by atoms with Crippen LogP contribution in [0.5, 0.6) is 0 Å². The molecule has 2 aromatic carbocycles. The third-order valence-corrected chi connectivity index (χ3v) is 4.75. The Bertz CT molecular complexity index is 1100. The van der Waals surface area contributed by atoms with E-state index in [1.807, 2.05) is 18.2 Å². The van der Waals surface area contributed by atoms with Gasteiger partial charge in [-0.05, 0) is 29.7 Å². The Balaban J connectivity index is 1.63. The predicted molar refractivity (Wildman–Crippen MR) is 99.4 cm³/mol. The van der Waals surface area contributed by atoms with Crippen LogP contribution in [0.15, 0.2) is 64.2 Å². The van der Waals surface area contributed by atoms with E-state index in [-0.39, 0.29) is 5.39 Å². The first-order chi connectivity index (χ1) is 12.6. The lowest BCUT2D eigenvalue weighted by Crippen LogP contribution is -2.38. The first-order valence-corrected chi connectivity index (χ1v) is 8.51. The average Bonchev–Trinajstić information content (AvgIpc) is 2.66. The van der Waals surface area contributed by atoms with Gasteiger partial charge in [0.15, 0.2) is 0 Å². The molecular weight excluding hydrogens is 333 g/mol. The molecule has 132 valence electrons. The number of fused-ring (bicyclic) bond motifs is 1. The zero-order valence-electron chi connectivity index (χ0n) is 14.1. The zero-order valence-corrected chi connectivity index (χ0v) is 14.1. The van der Waals surface area contributed by atoms with Crippen LogP contribution in [-0.2, 0) is 6.67 Å². The van der Waals surface area contributed by atoms with Crippen molar-refractivity contribution in [1.29, 1.82) is 0 Å². The summed E-state index contributed by atoms with van der Waals surface area (Å²) in [4.78, 5) is 28.5. The number of rotatable bonds is 3. The summed E-state index contributed by atoms with van der Waals surface area (Å²) in [5, 5.41) is -0.0790. The maximum absolute atomic E-state index is 14.0. The smallest absolute Gasteiger partial charge is 0.282 e. The SMILES string of the molecule is O=c1[nH]c(=O)n(CN2CC=C(c3ccccc3)CC2)c2cccc(F)c12. The Hall–Kier alpha value is -2.99. The largest absolute Gasteiger partial charge is 0.329 e. The second-order valence-corrected chi connectivity index (χ2v) is 6.39. The van der Waals surface area contributed by atoms with Gasteiger partial charge in [-0.3, -0.25) is 19.2 Å². The first-order valence-electron chi connectivity index (χ1n) is 8.51. The summed E-state index contributed by atoms with van der Waals surface area (Å²) < 4.78 is 15.4. The molecule has 0 bridgehead atoms. The molecule has 0 saturated carbocycles. The van der Waals surface area contributed by atoms with Crippen molar-refractivity contribution in [3.8, 4) is 0 Å². The molecule has 1 aromatic heterocycles. The van der Waals surface area contributed by atoms with E-state index < -0.39 is 17.1 Å². The Labute approximate surface area is 149 Å². The first kappa shape index (κ1) is 16.5. The fourth-order valence-electron chi connectivity index (χ4n) is 3.39. The molecule has 0 unspecified atom stereocenters. The standard InChI is InChI=1S/C20H18FN3O2/c21-16-7-4-8-17-18(16)19(25)22-20(26)24(17)13-23-11-9-15(10-12-23)14-5-2-1-3-6-14/h1-9H,10-13H2,(H,22,25,26). The second kappa shape index (κ2) is 6.72. The van der Waals surface area contributed by atoms with E-state index in [0.29, 0.717) is 18.7 Å². The predicted octanol–water partition coefficient (Wildman–Crippen LogP) is 2.58. The van der Waals surface area contributed by atoms with Gasteiger partial charge < -0.3 is 0 Å².